The molecule has 0 amide bonds. The molecular weight excluding hydrogens is 228 g/mol. The van der Waals surface area contributed by atoms with Gasteiger partial charge in [0.15, 0.2) is 0 Å². The van der Waals surface area contributed by atoms with Crippen LogP contribution in [0.5, 0.6) is 5.75 Å². The predicted octanol–water partition coefficient (Wildman–Crippen LogP) is 3.21. The molecular formula is C11H12O2S2. The van der Waals surface area contributed by atoms with Gasteiger partial charge in [-0.3, -0.25) is 0 Å². The van der Waals surface area contributed by atoms with Crippen molar-refractivity contribution >= 4 is 22.7 Å². The molecule has 0 spiro atoms. The molecule has 0 fully saturated rings. The van der Waals surface area contributed by atoms with E-state index >= 15 is 0 Å². The van der Waals surface area contributed by atoms with E-state index in [1.807, 2.05) is 29.8 Å². The third-order valence-electron chi connectivity index (χ3n) is 2.29. The Hall–Kier alpha value is -0.840. The maximum Gasteiger partial charge on any atom is 0.129 e. The van der Waals surface area contributed by atoms with E-state index in [4.69, 9.17) is 4.74 Å². The zero-order valence-electron chi connectivity index (χ0n) is 8.56. The van der Waals surface area contributed by atoms with Gasteiger partial charge in [0.2, 0.25) is 0 Å². The quantitative estimate of drug-likeness (QED) is 0.892. The van der Waals surface area contributed by atoms with Gasteiger partial charge in [0, 0.05) is 15.1 Å². The lowest BCUT2D eigenvalue weighted by atomic mass is 10.1. The first-order chi connectivity index (χ1) is 7.22. The average Bonchev–Trinajstić information content (AvgIpc) is 2.84. The highest BCUT2D eigenvalue weighted by atomic mass is 32.1. The molecule has 0 aliphatic heterocycles. The van der Waals surface area contributed by atoms with E-state index in [-0.39, 0.29) is 0 Å². The van der Waals surface area contributed by atoms with Crippen molar-refractivity contribution in [2.75, 3.05) is 7.11 Å². The molecule has 80 valence electrons. The zero-order chi connectivity index (χ0) is 10.8. The van der Waals surface area contributed by atoms with Crippen LogP contribution in [0.25, 0.3) is 0 Å². The SMILES string of the molecule is COc1csc(C(O)c2ccsc2C)c1. The second kappa shape index (κ2) is 4.35. The first kappa shape index (κ1) is 10.7. The minimum atomic E-state index is -0.523. The van der Waals surface area contributed by atoms with Crippen molar-refractivity contribution in [1.29, 1.82) is 0 Å². The van der Waals surface area contributed by atoms with Gasteiger partial charge in [-0.15, -0.1) is 22.7 Å². The standard InChI is InChI=1S/C11H12O2S2/c1-7-9(3-4-14-7)11(12)10-5-8(13-2)6-15-10/h3-6,11-12H,1-2H3. The van der Waals surface area contributed by atoms with E-state index in [0.29, 0.717) is 0 Å². The monoisotopic (exact) mass is 240 g/mol. The molecule has 1 N–H and O–H groups in total. The summed E-state index contributed by atoms with van der Waals surface area (Å²) >= 11 is 3.17. The topological polar surface area (TPSA) is 29.5 Å². The van der Waals surface area contributed by atoms with Crippen molar-refractivity contribution in [3.05, 3.63) is 38.2 Å². The van der Waals surface area contributed by atoms with Crippen LogP contribution in [0.2, 0.25) is 0 Å². The number of aliphatic hydroxyl groups is 1. The lowest BCUT2D eigenvalue weighted by Gasteiger charge is -2.07. The van der Waals surface area contributed by atoms with Crippen LogP contribution in [0.4, 0.5) is 0 Å². The van der Waals surface area contributed by atoms with E-state index < -0.39 is 6.10 Å². The summed E-state index contributed by atoms with van der Waals surface area (Å²) in [6.07, 6.45) is -0.523. The third kappa shape index (κ3) is 2.07. The molecule has 1 atom stereocenters. The molecule has 0 radical (unpaired) electrons. The minimum Gasteiger partial charge on any atom is -0.496 e. The molecule has 4 heteroatoms. The van der Waals surface area contributed by atoms with Crippen molar-refractivity contribution in [1.82, 2.24) is 0 Å². The van der Waals surface area contributed by atoms with Crippen LogP contribution in [0.15, 0.2) is 22.9 Å². The summed E-state index contributed by atoms with van der Waals surface area (Å²) in [6.45, 7) is 2.02. The second-order valence-corrected chi connectivity index (χ2v) is 5.29. The highest BCUT2D eigenvalue weighted by Gasteiger charge is 2.15. The van der Waals surface area contributed by atoms with Gasteiger partial charge in [-0.1, -0.05) is 0 Å². The maximum atomic E-state index is 10.1. The smallest absolute Gasteiger partial charge is 0.129 e. The number of rotatable bonds is 3. The number of hydrogen-bond donors (Lipinski definition) is 1. The fraction of sp³-hybridized carbons (Fsp3) is 0.273. The van der Waals surface area contributed by atoms with Crippen molar-refractivity contribution < 1.29 is 9.84 Å². The second-order valence-electron chi connectivity index (χ2n) is 3.22. The molecule has 2 nitrogen and oxygen atoms in total. The van der Waals surface area contributed by atoms with Crippen LogP contribution in [0.1, 0.15) is 21.4 Å². The van der Waals surface area contributed by atoms with Gasteiger partial charge >= 0.3 is 0 Å². The van der Waals surface area contributed by atoms with Crippen molar-refractivity contribution in [3.63, 3.8) is 0 Å². The first-order valence-electron chi connectivity index (χ1n) is 4.57. The van der Waals surface area contributed by atoms with Crippen LogP contribution in [-0.2, 0) is 0 Å². The van der Waals surface area contributed by atoms with E-state index in [2.05, 4.69) is 0 Å². The van der Waals surface area contributed by atoms with Crippen LogP contribution in [-0.4, -0.2) is 12.2 Å². The molecule has 0 saturated carbocycles. The van der Waals surface area contributed by atoms with Gasteiger partial charge in [-0.25, -0.2) is 0 Å². The average molecular weight is 240 g/mol. The van der Waals surface area contributed by atoms with Crippen LogP contribution in [0, 0.1) is 6.92 Å². The Morgan fingerprint density at radius 3 is 2.73 bits per heavy atom. The van der Waals surface area contributed by atoms with Gasteiger partial charge in [-0.05, 0) is 30.0 Å². The molecule has 0 saturated heterocycles. The molecule has 15 heavy (non-hydrogen) atoms. The highest BCUT2D eigenvalue weighted by molar-refractivity contribution is 7.10. The van der Waals surface area contributed by atoms with Crippen LogP contribution < -0.4 is 4.74 Å². The van der Waals surface area contributed by atoms with Crippen molar-refractivity contribution in [2.24, 2.45) is 0 Å². The fourth-order valence-electron chi connectivity index (χ4n) is 1.42. The van der Waals surface area contributed by atoms with E-state index in [1.165, 1.54) is 11.3 Å². The van der Waals surface area contributed by atoms with Crippen LogP contribution in [0.3, 0.4) is 0 Å². The Kier molecular flexibility index (Phi) is 3.09. The Labute approximate surface area is 96.8 Å². The molecule has 2 heterocycles. The summed E-state index contributed by atoms with van der Waals surface area (Å²) in [5.41, 5.74) is 0.990. The normalized spacial score (nSPS) is 12.7. The summed E-state index contributed by atoms with van der Waals surface area (Å²) in [7, 11) is 1.63. The zero-order valence-corrected chi connectivity index (χ0v) is 10.2. The predicted molar refractivity (Wildman–Crippen MR) is 64.0 cm³/mol. The number of methoxy groups -OCH3 is 1. The summed E-state index contributed by atoms with van der Waals surface area (Å²) in [5.74, 6) is 0.807. The van der Waals surface area contributed by atoms with Crippen molar-refractivity contribution in [2.45, 2.75) is 13.0 Å². The number of aliphatic hydroxyl groups excluding tert-OH is 1. The molecule has 2 aromatic rings. The van der Waals surface area contributed by atoms with E-state index in [9.17, 15) is 5.11 Å². The van der Waals surface area contributed by atoms with Crippen molar-refractivity contribution in [3.8, 4) is 5.75 Å². The highest BCUT2D eigenvalue weighted by Crippen LogP contribution is 2.33. The molecule has 1 unspecified atom stereocenters. The largest absolute Gasteiger partial charge is 0.496 e. The molecule has 0 aliphatic rings. The summed E-state index contributed by atoms with van der Waals surface area (Å²) in [5, 5.41) is 14.0. The molecule has 0 bridgehead atoms. The summed E-state index contributed by atoms with van der Waals surface area (Å²) < 4.78 is 5.09. The van der Waals surface area contributed by atoms with Crippen LogP contribution >= 0.6 is 22.7 Å². The van der Waals surface area contributed by atoms with Gasteiger partial charge in [0.1, 0.15) is 11.9 Å². The number of thiophene rings is 2. The Morgan fingerprint density at radius 1 is 1.40 bits per heavy atom. The van der Waals surface area contributed by atoms with Gasteiger partial charge in [-0.2, -0.15) is 0 Å². The Morgan fingerprint density at radius 2 is 2.20 bits per heavy atom. The van der Waals surface area contributed by atoms with Gasteiger partial charge < -0.3 is 9.84 Å². The minimum absolute atomic E-state index is 0.523. The molecule has 2 rings (SSSR count). The Balaban J connectivity index is 2.28. The third-order valence-corrected chi connectivity index (χ3v) is 4.12. The molecule has 0 aliphatic carbocycles. The van der Waals surface area contributed by atoms with Gasteiger partial charge in [0.25, 0.3) is 0 Å². The fourth-order valence-corrected chi connectivity index (χ4v) is 3.01. The summed E-state index contributed by atoms with van der Waals surface area (Å²) in [6, 6.07) is 3.85. The number of ether oxygens (including phenoxy) is 1. The number of hydrogen-bond acceptors (Lipinski definition) is 4. The number of aryl methyl sites for hydroxylation is 1. The maximum absolute atomic E-state index is 10.1. The lowest BCUT2D eigenvalue weighted by molar-refractivity contribution is 0.223. The summed E-state index contributed by atoms with van der Waals surface area (Å²) in [4.78, 5) is 2.09. The molecule has 2 aromatic heterocycles. The van der Waals surface area contributed by atoms with Gasteiger partial charge in [0.05, 0.1) is 7.11 Å². The van der Waals surface area contributed by atoms with E-state index in [0.717, 1.165) is 21.1 Å². The first-order valence-corrected chi connectivity index (χ1v) is 6.32. The lowest BCUT2D eigenvalue weighted by Crippen LogP contribution is -1.96. The van der Waals surface area contributed by atoms with E-state index in [1.54, 1.807) is 18.4 Å². The Bertz CT molecular complexity index is 445. The molecule has 0 aromatic carbocycles.